The van der Waals surface area contributed by atoms with Gasteiger partial charge in [0.15, 0.2) is 5.78 Å². The van der Waals surface area contributed by atoms with E-state index in [1.807, 2.05) is 66.7 Å². The summed E-state index contributed by atoms with van der Waals surface area (Å²) in [5.74, 6) is -1.58. The van der Waals surface area contributed by atoms with Crippen molar-refractivity contribution in [2.75, 3.05) is 10.6 Å². The molecule has 33 heavy (non-hydrogen) atoms. The summed E-state index contributed by atoms with van der Waals surface area (Å²) in [4.78, 5) is 36.8. The number of aryl methyl sites for hydroxylation is 1. The molecule has 0 heterocycles. The molecule has 0 fully saturated rings. The summed E-state index contributed by atoms with van der Waals surface area (Å²) in [5, 5.41) is 15.1. The highest BCUT2D eigenvalue weighted by atomic mass is 16.4. The molecule has 6 nitrogen and oxygen atoms in total. The Morgan fingerprint density at radius 1 is 0.879 bits per heavy atom. The molecule has 0 aromatic heterocycles. The largest absolute Gasteiger partial charge is 0.481 e. The standard InChI is InChI=1S/C27H26N2O4/c1-27(2,25(31)32)23-15-11-19-16-18(10-14-22(19)24(23)30)17-8-12-21(13-9-17)29-26(33)28-20-6-4-3-5-7-20/h3-10,12-14,16,23H,11,15H2,1-2H3,(H,31,32)(H2,28,29,33). The number of amides is 2. The van der Waals surface area contributed by atoms with Gasteiger partial charge in [0.2, 0.25) is 0 Å². The molecule has 0 bridgehead atoms. The van der Waals surface area contributed by atoms with E-state index in [1.54, 1.807) is 19.9 Å². The fraction of sp³-hybridized carbons (Fsp3) is 0.222. The number of rotatable bonds is 5. The van der Waals surface area contributed by atoms with Crippen LogP contribution in [-0.2, 0) is 11.2 Å². The van der Waals surface area contributed by atoms with Crippen molar-refractivity contribution in [3.63, 3.8) is 0 Å². The van der Waals surface area contributed by atoms with E-state index in [4.69, 9.17) is 0 Å². The van der Waals surface area contributed by atoms with E-state index in [1.165, 1.54) is 0 Å². The first-order valence-electron chi connectivity index (χ1n) is 10.9. The molecule has 0 aliphatic heterocycles. The zero-order chi connectivity index (χ0) is 23.6. The quantitative estimate of drug-likeness (QED) is 0.462. The number of benzene rings is 3. The van der Waals surface area contributed by atoms with Crippen LogP contribution >= 0.6 is 0 Å². The molecule has 0 spiro atoms. The molecule has 2 amide bonds. The van der Waals surface area contributed by atoms with E-state index >= 15 is 0 Å². The molecular formula is C27H26N2O4. The number of nitrogens with one attached hydrogen (secondary N) is 2. The Labute approximate surface area is 192 Å². The number of para-hydroxylation sites is 1. The number of fused-ring (bicyclic) bond motifs is 1. The second-order valence-corrected chi connectivity index (χ2v) is 8.88. The van der Waals surface area contributed by atoms with Gasteiger partial charge in [0.1, 0.15) is 0 Å². The van der Waals surface area contributed by atoms with Gasteiger partial charge in [-0.2, -0.15) is 0 Å². The third kappa shape index (κ3) is 4.65. The van der Waals surface area contributed by atoms with Crippen molar-refractivity contribution in [2.45, 2.75) is 26.7 Å². The fourth-order valence-electron chi connectivity index (χ4n) is 4.24. The minimum Gasteiger partial charge on any atom is -0.481 e. The molecule has 1 aliphatic rings. The van der Waals surface area contributed by atoms with E-state index in [-0.39, 0.29) is 11.8 Å². The minimum atomic E-state index is -1.09. The summed E-state index contributed by atoms with van der Waals surface area (Å²) in [7, 11) is 0. The maximum Gasteiger partial charge on any atom is 0.323 e. The van der Waals surface area contributed by atoms with Crippen LogP contribution in [0.5, 0.6) is 0 Å². The lowest BCUT2D eigenvalue weighted by Crippen LogP contribution is -2.40. The van der Waals surface area contributed by atoms with Crippen molar-refractivity contribution in [3.05, 3.63) is 83.9 Å². The Balaban J connectivity index is 1.47. The SMILES string of the molecule is CC(C)(C(=O)O)C1CCc2cc(-c3ccc(NC(=O)Nc4ccccc4)cc3)ccc2C1=O. The summed E-state index contributed by atoms with van der Waals surface area (Å²) in [6, 6.07) is 22.1. The van der Waals surface area contributed by atoms with Gasteiger partial charge in [-0.25, -0.2) is 4.79 Å². The number of carbonyl (C=O) groups is 3. The van der Waals surface area contributed by atoms with Crippen molar-refractivity contribution in [1.82, 2.24) is 0 Å². The molecule has 4 rings (SSSR count). The summed E-state index contributed by atoms with van der Waals surface area (Å²) in [6.07, 6.45) is 1.18. The third-order valence-electron chi connectivity index (χ3n) is 6.32. The van der Waals surface area contributed by atoms with Gasteiger partial charge in [-0.05, 0) is 67.6 Å². The Morgan fingerprint density at radius 3 is 2.12 bits per heavy atom. The van der Waals surface area contributed by atoms with E-state index < -0.39 is 17.3 Å². The molecule has 0 saturated heterocycles. The van der Waals surface area contributed by atoms with Gasteiger partial charge in [0.25, 0.3) is 0 Å². The van der Waals surface area contributed by atoms with Crippen molar-refractivity contribution >= 4 is 29.2 Å². The zero-order valence-corrected chi connectivity index (χ0v) is 18.6. The maximum absolute atomic E-state index is 13.0. The Kier molecular flexibility index (Phi) is 6.01. The number of hydrogen-bond acceptors (Lipinski definition) is 3. The molecule has 3 aromatic carbocycles. The predicted molar refractivity (Wildman–Crippen MR) is 129 cm³/mol. The number of hydrogen-bond donors (Lipinski definition) is 3. The second-order valence-electron chi connectivity index (χ2n) is 8.88. The molecule has 3 N–H and O–H groups in total. The van der Waals surface area contributed by atoms with Crippen LogP contribution in [0, 0.1) is 11.3 Å². The first-order valence-corrected chi connectivity index (χ1v) is 10.9. The van der Waals surface area contributed by atoms with Crippen LogP contribution < -0.4 is 10.6 Å². The van der Waals surface area contributed by atoms with E-state index in [9.17, 15) is 19.5 Å². The number of anilines is 2. The average Bonchev–Trinajstić information content (AvgIpc) is 2.80. The molecule has 6 heteroatoms. The Bertz CT molecular complexity index is 1200. The third-order valence-corrected chi connectivity index (χ3v) is 6.32. The first kappa shape index (κ1) is 22.3. The molecule has 168 valence electrons. The number of urea groups is 1. The number of carbonyl (C=O) groups excluding carboxylic acids is 2. The van der Waals surface area contributed by atoms with E-state index in [0.29, 0.717) is 29.8 Å². The van der Waals surface area contributed by atoms with E-state index in [2.05, 4.69) is 10.6 Å². The average molecular weight is 443 g/mol. The minimum absolute atomic E-state index is 0.0980. The number of aliphatic carboxylic acids is 1. The topological polar surface area (TPSA) is 95.5 Å². The summed E-state index contributed by atoms with van der Waals surface area (Å²) < 4.78 is 0. The van der Waals surface area contributed by atoms with Crippen molar-refractivity contribution in [3.8, 4) is 11.1 Å². The van der Waals surface area contributed by atoms with Gasteiger partial charge in [-0.3, -0.25) is 9.59 Å². The van der Waals surface area contributed by atoms with Crippen LogP contribution in [0.25, 0.3) is 11.1 Å². The molecule has 3 aromatic rings. The van der Waals surface area contributed by atoms with Crippen LogP contribution in [0.4, 0.5) is 16.2 Å². The molecule has 0 saturated carbocycles. The lowest BCUT2D eigenvalue weighted by molar-refractivity contribution is -0.149. The smallest absolute Gasteiger partial charge is 0.323 e. The molecular weight excluding hydrogens is 416 g/mol. The highest BCUT2D eigenvalue weighted by Gasteiger charge is 2.43. The monoisotopic (exact) mass is 442 g/mol. The lowest BCUT2D eigenvalue weighted by atomic mass is 9.68. The Morgan fingerprint density at radius 2 is 1.48 bits per heavy atom. The van der Waals surface area contributed by atoms with Gasteiger partial charge >= 0.3 is 12.0 Å². The summed E-state index contributed by atoms with van der Waals surface area (Å²) >= 11 is 0. The Hall–Kier alpha value is -3.93. The van der Waals surface area contributed by atoms with Crippen molar-refractivity contribution in [1.29, 1.82) is 0 Å². The zero-order valence-electron chi connectivity index (χ0n) is 18.6. The molecule has 0 radical (unpaired) electrons. The molecule has 1 unspecified atom stereocenters. The number of ketones is 1. The van der Waals surface area contributed by atoms with Gasteiger partial charge in [-0.15, -0.1) is 0 Å². The van der Waals surface area contributed by atoms with Crippen LogP contribution in [0.1, 0.15) is 36.2 Å². The molecule has 1 atom stereocenters. The van der Waals surface area contributed by atoms with E-state index in [0.717, 1.165) is 16.7 Å². The van der Waals surface area contributed by atoms with Crippen molar-refractivity contribution < 1.29 is 19.5 Å². The predicted octanol–water partition coefficient (Wildman–Crippen LogP) is 5.85. The van der Waals surface area contributed by atoms with Crippen LogP contribution in [-0.4, -0.2) is 22.9 Å². The normalized spacial score (nSPS) is 15.5. The lowest BCUT2D eigenvalue weighted by Gasteiger charge is -2.33. The number of Topliss-reactive ketones (excluding diaryl/α,β-unsaturated/α-hetero) is 1. The second kappa shape index (κ2) is 8.90. The van der Waals surface area contributed by atoms with Gasteiger partial charge in [0.05, 0.1) is 5.41 Å². The van der Waals surface area contributed by atoms with Crippen molar-refractivity contribution in [2.24, 2.45) is 11.3 Å². The van der Waals surface area contributed by atoms with Gasteiger partial charge in [0, 0.05) is 22.9 Å². The number of carboxylic acids is 1. The fourth-order valence-corrected chi connectivity index (χ4v) is 4.24. The van der Waals surface area contributed by atoms with Gasteiger partial charge < -0.3 is 15.7 Å². The molecule has 1 aliphatic carbocycles. The first-order chi connectivity index (χ1) is 15.8. The van der Waals surface area contributed by atoms with Crippen LogP contribution in [0.15, 0.2) is 72.8 Å². The maximum atomic E-state index is 13.0. The van der Waals surface area contributed by atoms with Gasteiger partial charge in [-0.1, -0.05) is 48.5 Å². The summed E-state index contributed by atoms with van der Waals surface area (Å²) in [6.45, 7) is 3.24. The highest BCUT2D eigenvalue weighted by molar-refractivity contribution is 6.03. The van der Waals surface area contributed by atoms with Crippen LogP contribution in [0.3, 0.4) is 0 Å². The van der Waals surface area contributed by atoms with Crippen LogP contribution in [0.2, 0.25) is 0 Å². The summed E-state index contributed by atoms with van der Waals surface area (Å²) in [5.41, 5.74) is 3.77. The number of carboxylic acid groups (broad SMARTS) is 1. The highest BCUT2D eigenvalue weighted by Crippen LogP contribution is 2.39.